The molecule has 2 aromatic carbocycles. The number of likely N-dealkylation sites (N-methyl/N-ethyl adjacent to an activating group) is 1. The Balaban J connectivity index is 1.49. The summed E-state index contributed by atoms with van der Waals surface area (Å²) in [7, 11) is 5.31. The summed E-state index contributed by atoms with van der Waals surface area (Å²) in [4.78, 5) is 19.2. The van der Waals surface area contributed by atoms with Gasteiger partial charge in [0, 0.05) is 43.7 Å². The highest BCUT2D eigenvalue weighted by Gasteiger charge is 2.22. The molecule has 0 aliphatic carbocycles. The fraction of sp³-hybridized carbons (Fsp3) is 0.458. The van der Waals surface area contributed by atoms with E-state index < -0.39 is 0 Å². The molecule has 6 nitrogen and oxygen atoms in total. The van der Waals surface area contributed by atoms with Gasteiger partial charge in [-0.3, -0.25) is 14.6 Å². The van der Waals surface area contributed by atoms with Crippen molar-refractivity contribution in [3.63, 3.8) is 0 Å². The van der Waals surface area contributed by atoms with Crippen LogP contribution in [-0.4, -0.2) is 74.6 Å². The number of carbonyl (C=O) groups is 1. The molecule has 1 fully saturated rings. The van der Waals surface area contributed by atoms with Gasteiger partial charge in [0.15, 0.2) is 11.5 Å². The van der Waals surface area contributed by atoms with E-state index >= 15 is 0 Å². The highest BCUT2D eigenvalue weighted by molar-refractivity contribution is 9.10. The lowest BCUT2D eigenvalue weighted by atomic mass is 10.1. The van der Waals surface area contributed by atoms with Crippen LogP contribution in [0.5, 0.6) is 11.5 Å². The van der Waals surface area contributed by atoms with E-state index in [0.717, 1.165) is 55.2 Å². The molecule has 1 saturated heterocycles. The molecule has 1 aliphatic heterocycles. The number of aryl methyl sites for hydroxylation is 1. The normalized spacial score (nSPS) is 14.7. The van der Waals surface area contributed by atoms with Crippen LogP contribution >= 0.6 is 15.9 Å². The second-order valence-corrected chi connectivity index (χ2v) is 9.01. The number of carbonyl (C=O) groups excluding carboxylic acids is 1. The van der Waals surface area contributed by atoms with Gasteiger partial charge in [0.1, 0.15) is 0 Å². The summed E-state index contributed by atoms with van der Waals surface area (Å²) < 4.78 is 11.9. The van der Waals surface area contributed by atoms with E-state index in [9.17, 15) is 4.79 Å². The van der Waals surface area contributed by atoms with Crippen LogP contribution in [0.1, 0.15) is 16.7 Å². The van der Waals surface area contributed by atoms with Crippen molar-refractivity contribution in [2.45, 2.75) is 20.0 Å². The van der Waals surface area contributed by atoms with Gasteiger partial charge in [-0.15, -0.1) is 0 Å². The molecule has 0 radical (unpaired) electrons. The number of nitrogens with zero attached hydrogens (tertiary/aromatic N) is 3. The zero-order chi connectivity index (χ0) is 22.4. The maximum atomic E-state index is 12.8. The first-order valence-corrected chi connectivity index (χ1v) is 11.3. The Labute approximate surface area is 193 Å². The SMILES string of the molecule is COc1cc(C)c(CN2CCN(C(=O)CN(C)Cc3ccc(Br)cc3)CC2)cc1OC. The summed E-state index contributed by atoms with van der Waals surface area (Å²) in [5.74, 6) is 1.71. The summed E-state index contributed by atoms with van der Waals surface area (Å²) in [6, 6.07) is 12.3. The molecule has 0 saturated carbocycles. The Morgan fingerprint density at radius 2 is 1.65 bits per heavy atom. The number of halogens is 1. The van der Waals surface area contributed by atoms with E-state index in [1.165, 1.54) is 16.7 Å². The van der Waals surface area contributed by atoms with E-state index in [4.69, 9.17) is 9.47 Å². The van der Waals surface area contributed by atoms with Gasteiger partial charge >= 0.3 is 0 Å². The first-order valence-electron chi connectivity index (χ1n) is 10.5. The highest BCUT2D eigenvalue weighted by atomic mass is 79.9. The van der Waals surface area contributed by atoms with Gasteiger partial charge in [-0.05, 0) is 54.9 Å². The molecule has 0 N–H and O–H groups in total. The smallest absolute Gasteiger partial charge is 0.236 e. The second kappa shape index (κ2) is 11.0. The van der Waals surface area contributed by atoms with Gasteiger partial charge in [-0.1, -0.05) is 28.1 Å². The number of piperazine rings is 1. The summed E-state index contributed by atoms with van der Waals surface area (Å²) >= 11 is 3.46. The first kappa shape index (κ1) is 23.6. The molecular weight excluding hydrogens is 458 g/mol. The van der Waals surface area contributed by atoms with E-state index in [1.54, 1.807) is 14.2 Å². The van der Waals surface area contributed by atoms with Crippen molar-refractivity contribution in [1.29, 1.82) is 0 Å². The standard InChI is InChI=1S/C24H32BrN3O3/c1-18-13-22(30-3)23(31-4)14-20(18)16-27-9-11-28(12-10-27)24(29)17-26(2)15-19-5-7-21(25)8-6-19/h5-8,13-14H,9-12,15-17H2,1-4H3. The van der Waals surface area contributed by atoms with E-state index in [2.05, 4.69) is 50.9 Å². The van der Waals surface area contributed by atoms with Crippen molar-refractivity contribution in [2.24, 2.45) is 0 Å². The quantitative estimate of drug-likeness (QED) is 0.567. The Morgan fingerprint density at radius 1 is 1.03 bits per heavy atom. The van der Waals surface area contributed by atoms with Crippen LogP contribution in [0.2, 0.25) is 0 Å². The molecule has 1 heterocycles. The molecule has 2 aromatic rings. The molecule has 0 aromatic heterocycles. The Bertz CT molecular complexity index is 880. The summed E-state index contributed by atoms with van der Waals surface area (Å²) in [5.41, 5.74) is 3.62. The lowest BCUT2D eigenvalue weighted by molar-refractivity contribution is -0.134. The molecular formula is C24H32BrN3O3. The third-order valence-electron chi connectivity index (χ3n) is 5.73. The average molecular weight is 490 g/mol. The summed E-state index contributed by atoms with van der Waals surface area (Å²) in [5, 5.41) is 0. The molecule has 1 amide bonds. The minimum atomic E-state index is 0.196. The molecule has 168 valence electrons. The molecule has 7 heteroatoms. The van der Waals surface area contributed by atoms with Crippen LogP contribution in [0.15, 0.2) is 40.9 Å². The van der Waals surface area contributed by atoms with Crippen LogP contribution in [0.4, 0.5) is 0 Å². The topological polar surface area (TPSA) is 45.2 Å². The number of rotatable bonds is 8. The third kappa shape index (κ3) is 6.45. The molecule has 0 unspecified atom stereocenters. The Kier molecular flexibility index (Phi) is 8.35. The predicted molar refractivity (Wildman–Crippen MR) is 127 cm³/mol. The Hall–Kier alpha value is -2.09. The number of hydrogen-bond acceptors (Lipinski definition) is 5. The Morgan fingerprint density at radius 3 is 2.26 bits per heavy atom. The van der Waals surface area contributed by atoms with Gasteiger partial charge in [0.25, 0.3) is 0 Å². The van der Waals surface area contributed by atoms with E-state index in [-0.39, 0.29) is 5.91 Å². The van der Waals surface area contributed by atoms with Crippen molar-refractivity contribution in [3.05, 3.63) is 57.6 Å². The number of ether oxygens (including phenoxy) is 2. The van der Waals surface area contributed by atoms with Gasteiger partial charge in [0.05, 0.1) is 20.8 Å². The minimum absolute atomic E-state index is 0.196. The summed E-state index contributed by atoms with van der Waals surface area (Å²) in [6.07, 6.45) is 0. The minimum Gasteiger partial charge on any atom is -0.493 e. The highest BCUT2D eigenvalue weighted by Crippen LogP contribution is 2.31. The van der Waals surface area contributed by atoms with Crippen molar-refractivity contribution >= 4 is 21.8 Å². The number of methoxy groups -OCH3 is 2. The molecule has 3 rings (SSSR count). The first-order chi connectivity index (χ1) is 14.9. The molecule has 0 spiro atoms. The predicted octanol–water partition coefficient (Wildman–Crippen LogP) is 3.55. The van der Waals surface area contributed by atoms with Gasteiger partial charge < -0.3 is 14.4 Å². The average Bonchev–Trinajstić information content (AvgIpc) is 2.76. The number of hydrogen-bond donors (Lipinski definition) is 0. The lowest BCUT2D eigenvalue weighted by Gasteiger charge is -2.35. The zero-order valence-electron chi connectivity index (χ0n) is 18.9. The number of benzene rings is 2. The third-order valence-corrected chi connectivity index (χ3v) is 6.26. The van der Waals surface area contributed by atoms with Gasteiger partial charge in [0.2, 0.25) is 5.91 Å². The maximum Gasteiger partial charge on any atom is 0.236 e. The fourth-order valence-corrected chi connectivity index (χ4v) is 4.14. The van der Waals surface area contributed by atoms with Crippen LogP contribution in [0.25, 0.3) is 0 Å². The van der Waals surface area contributed by atoms with Crippen LogP contribution in [-0.2, 0) is 17.9 Å². The molecule has 1 aliphatic rings. The van der Waals surface area contributed by atoms with E-state index in [1.807, 2.05) is 30.1 Å². The van der Waals surface area contributed by atoms with Crippen LogP contribution < -0.4 is 9.47 Å². The van der Waals surface area contributed by atoms with E-state index in [0.29, 0.717) is 6.54 Å². The van der Waals surface area contributed by atoms with Crippen molar-refractivity contribution < 1.29 is 14.3 Å². The molecule has 0 bridgehead atoms. The van der Waals surface area contributed by atoms with Gasteiger partial charge in [-0.2, -0.15) is 0 Å². The lowest BCUT2D eigenvalue weighted by Crippen LogP contribution is -2.50. The van der Waals surface area contributed by atoms with Crippen LogP contribution in [0.3, 0.4) is 0 Å². The fourth-order valence-electron chi connectivity index (χ4n) is 3.88. The van der Waals surface area contributed by atoms with Gasteiger partial charge in [-0.25, -0.2) is 0 Å². The maximum absolute atomic E-state index is 12.8. The van der Waals surface area contributed by atoms with Crippen LogP contribution in [0, 0.1) is 6.92 Å². The van der Waals surface area contributed by atoms with Crippen molar-refractivity contribution in [2.75, 3.05) is 54.0 Å². The second-order valence-electron chi connectivity index (χ2n) is 8.09. The summed E-state index contributed by atoms with van der Waals surface area (Å²) in [6.45, 7) is 7.40. The zero-order valence-corrected chi connectivity index (χ0v) is 20.4. The van der Waals surface area contributed by atoms with Crippen molar-refractivity contribution in [1.82, 2.24) is 14.7 Å². The number of amides is 1. The monoisotopic (exact) mass is 489 g/mol. The largest absolute Gasteiger partial charge is 0.493 e. The van der Waals surface area contributed by atoms with Crippen molar-refractivity contribution in [3.8, 4) is 11.5 Å². The molecule has 0 atom stereocenters. The molecule has 31 heavy (non-hydrogen) atoms.